The summed E-state index contributed by atoms with van der Waals surface area (Å²) >= 11 is 0. The number of carbonyl (C=O) groups excluding carboxylic acids is 2. The highest BCUT2D eigenvalue weighted by Gasteiger charge is 2.41. The van der Waals surface area contributed by atoms with E-state index in [4.69, 9.17) is 18.6 Å². The summed E-state index contributed by atoms with van der Waals surface area (Å²) in [6.07, 6.45) is 0. The average molecular weight is 394 g/mol. The van der Waals surface area contributed by atoms with Crippen LogP contribution in [-0.4, -0.2) is 29.9 Å². The number of aromatic hydroxyl groups is 1. The van der Waals surface area contributed by atoms with Crippen LogP contribution in [0.3, 0.4) is 0 Å². The zero-order chi connectivity index (χ0) is 20.8. The highest BCUT2D eigenvalue weighted by atomic mass is 16.7. The van der Waals surface area contributed by atoms with Crippen molar-refractivity contribution in [2.45, 2.75) is 19.6 Å². The Morgan fingerprint density at radius 2 is 1.62 bits per heavy atom. The van der Waals surface area contributed by atoms with Crippen molar-refractivity contribution in [1.29, 1.82) is 0 Å². The van der Waals surface area contributed by atoms with Crippen LogP contribution in [0.5, 0.6) is 11.5 Å². The molecule has 1 saturated heterocycles. The van der Waals surface area contributed by atoms with E-state index in [-0.39, 0.29) is 22.7 Å². The number of hydrogen-bond acceptors (Lipinski definition) is 7. The lowest BCUT2D eigenvalue weighted by Gasteiger charge is -2.30. The van der Waals surface area contributed by atoms with Gasteiger partial charge in [0.1, 0.15) is 22.8 Å². The Morgan fingerprint density at radius 3 is 2.24 bits per heavy atom. The first-order chi connectivity index (χ1) is 13.8. The molecule has 1 aliphatic heterocycles. The molecule has 0 amide bonds. The summed E-state index contributed by atoms with van der Waals surface area (Å²) in [6.45, 7) is 2.97. The summed E-state index contributed by atoms with van der Waals surface area (Å²) in [4.78, 5) is 25.4. The molecule has 1 fully saturated rings. The van der Waals surface area contributed by atoms with Crippen molar-refractivity contribution in [1.82, 2.24) is 0 Å². The molecule has 3 aromatic rings. The maximum absolute atomic E-state index is 12.7. The minimum atomic E-state index is -1.36. The number of benzene rings is 2. The average Bonchev–Trinajstić information content (AvgIpc) is 3.06. The lowest BCUT2D eigenvalue weighted by atomic mass is 9.96. The number of phenolic OH excluding ortho intramolecular Hbond substituents is 1. The third-order valence-corrected chi connectivity index (χ3v) is 4.46. The summed E-state index contributed by atoms with van der Waals surface area (Å²) in [6, 6.07) is 13.1. The highest BCUT2D eigenvalue weighted by Crippen LogP contribution is 2.36. The number of rotatable bonds is 3. The van der Waals surface area contributed by atoms with E-state index < -0.39 is 17.7 Å². The lowest BCUT2D eigenvalue weighted by molar-refractivity contribution is -0.222. The van der Waals surface area contributed by atoms with Gasteiger partial charge in [-0.2, -0.15) is 0 Å². The molecule has 29 heavy (non-hydrogen) atoms. The largest absolute Gasteiger partial charge is 0.508 e. The van der Waals surface area contributed by atoms with Gasteiger partial charge in [-0.1, -0.05) is 12.1 Å². The van der Waals surface area contributed by atoms with Crippen LogP contribution in [0, 0.1) is 0 Å². The number of ether oxygens (including phenoxy) is 3. The van der Waals surface area contributed by atoms with E-state index >= 15 is 0 Å². The van der Waals surface area contributed by atoms with E-state index in [1.165, 1.54) is 33.1 Å². The number of esters is 2. The number of hydrogen-bond donors (Lipinski definition) is 1. The summed E-state index contributed by atoms with van der Waals surface area (Å²) < 4.78 is 21.6. The van der Waals surface area contributed by atoms with Gasteiger partial charge in [-0.3, -0.25) is 0 Å². The molecule has 0 unspecified atom stereocenters. The Kier molecular flexibility index (Phi) is 4.30. The molecule has 7 heteroatoms. The summed E-state index contributed by atoms with van der Waals surface area (Å²) in [5.41, 5.74) is 0.992. The van der Waals surface area contributed by atoms with Crippen molar-refractivity contribution < 1.29 is 33.3 Å². The molecule has 0 saturated carbocycles. The van der Waals surface area contributed by atoms with Crippen molar-refractivity contribution in [3.63, 3.8) is 0 Å². The predicted octanol–water partition coefficient (Wildman–Crippen LogP) is 3.79. The minimum Gasteiger partial charge on any atom is -0.508 e. The van der Waals surface area contributed by atoms with Crippen molar-refractivity contribution in [3.05, 3.63) is 65.4 Å². The molecule has 0 atom stereocenters. The Bertz CT molecular complexity index is 1130. The molecule has 148 valence electrons. The molecule has 2 heterocycles. The van der Waals surface area contributed by atoms with Crippen molar-refractivity contribution in [2.24, 2.45) is 0 Å². The molecular formula is C22H18O7. The highest BCUT2D eigenvalue weighted by molar-refractivity contribution is 6.22. The van der Waals surface area contributed by atoms with Crippen molar-refractivity contribution in [2.75, 3.05) is 7.11 Å². The molecule has 1 aliphatic rings. The quantitative estimate of drug-likeness (QED) is 0.410. The summed E-state index contributed by atoms with van der Waals surface area (Å²) in [5.74, 6) is -2.02. The topological polar surface area (TPSA) is 95.2 Å². The molecule has 0 aliphatic carbocycles. The summed E-state index contributed by atoms with van der Waals surface area (Å²) in [5, 5.41) is 10.3. The monoisotopic (exact) mass is 394 g/mol. The fourth-order valence-electron chi connectivity index (χ4n) is 3.18. The van der Waals surface area contributed by atoms with Gasteiger partial charge in [-0.25, -0.2) is 9.59 Å². The molecule has 0 spiro atoms. The molecule has 7 nitrogen and oxygen atoms in total. The van der Waals surface area contributed by atoms with Crippen LogP contribution < -0.4 is 4.74 Å². The first-order valence-electron chi connectivity index (χ1n) is 8.86. The van der Waals surface area contributed by atoms with Crippen LogP contribution in [0.15, 0.2) is 58.5 Å². The van der Waals surface area contributed by atoms with Crippen molar-refractivity contribution in [3.8, 4) is 11.5 Å². The van der Waals surface area contributed by atoms with E-state index in [0.717, 1.165) is 0 Å². The van der Waals surface area contributed by atoms with Gasteiger partial charge in [0.15, 0.2) is 5.57 Å². The third-order valence-electron chi connectivity index (χ3n) is 4.46. The number of phenols is 1. The van der Waals surface area contributed by atoms with E-state index in [1.54, 1.807) is 36.4 Å². The number of methoxy groups -OCH3 is 1. The maximum atomic E-state index is 12.7. The second-order valence-electron chi connectivity index (χ2n) is 6.99. The Balaban J connectivity index is 1.96. The Morgan fingerprint density at radius 1 is 0.966 bits per heavy atom. The number of cyclic esters (lactones) is 2. The molecular weight excluding hydrogens is 376 g/mol. The van der Waals surface area contributed by atoms with Gasteiger partial charge in [-0.05, 0) is 42.0 Å². The summed E-state index contributed by atoms with van der Waals surface area (Å²) in [7, 11) is 1.54. The maximum Gasteiger partial charge on any atom is 0.349 e. The molecule has 1 N–H and O–H groups in total. The van der Waals surface area contributed by atoms with Crippen LogP contribution in [-0.2, 0) is 19.1 Å². The number of fused-ring (bicyclic) bond motifs is 1. The van der Waals surface area contributed by atoms with Gasteiger partial charge in [0.05, 0.1) is 7.11 Å². The number of carbonyl (C=O) groups is 2. The smallest absolute Gasteiger partial charge is 0.349 e. The van der Waals surface area contributed by atoms with Crippen LogP contribution in [0.4, 0.5) is 0 Å². The molecule has 1 aromatic heterocycles. The van der Waals surface area contributed by atoms with Gasteiger partial charge >= 0.3 is 11.9 Å². The fourth-order valence-corrected chi connectivity index (χ4v) is 3.18. The van der Waals surface area contributed by atoms with Crippen LogP contribution in [0.2, 0.25) is 0 Å². The second kappa shape index (κ2) is 6.70. The minimum absolute atomic E-state index is 0.0711. The Hall–Kier alpha value is -3.74. The molecule has 0 radical (unpaired) electrons. The normalized spacial score (nSPS) is 15.8. The van der Waals surface area contributed by atoms with E-state index in [9.17, 15) is 14.7 Å². The SMILES string of the molecule is COc1ccc(C(=C2C(=O)OC(C)(C)OC2=O)c2cc3cc(O)ccc3o2)cc1. The lowest BCUT2D eigenvalue weighted by Crippen LogP contribution is -2.42. The zero-order valence-corrected chi connectivity index (χ0v) is 16.0. The molecule has 2 aromatic carbocycles. The standard InChI is InChI=1S/C22H18O7/c1-22(2)28-20(24)19(21(25)29-22)18(12-4-7-15(26-3)8-5-12)17-11-13-10-14(23)6-9-16(13)27-17/h4-11,23H,1-3H3. The second-order valence-corrected chi connectivity index (χ2v) is 6.99. The van der Waals surface area contributed by atoms with Crippen molar-refractivity contribution >= 4 is 28.5 Å². The zero-order valence-electron chi connectivity index (χ0n) is 16.0. The predicted molar refractivity (Wildman–Crippen MR) is 103 cm³/mol. The third kappa shape index (κ3) is 3.42. The van der Waals surface area contributed by atoms with Gasteiger partial charge in [-0.15, -0.1) is 0 Å². The van der Waals surface area contributed by atoms with E-state index in [0.29, 0.717) is 22.3 Å². The van der Waals surface area contributed by atoms with Crippen LogP contribution >= 0.6 is 0 Å². The van der Waals surface area contributed by atoms with Crippen LogP contribution in [0.1, 0.15) is 25.2 Å². The first kappa shape index (κ1) is 18.6. The van der Waals surface area contributed by atoms with Crippen LogP contribution in [0.25, 0.3) is 16.5 Å². The van der Waals surface area contributed by atoms with Gasteiger partial charge in [0, 0.05) is 24.8 Å². The first-order valence-corrected chi connectivity index (χ1v) is 8.86. The fraction of sp³-hybridized carbons (Fsp3) is 0.182. The molecule has 4 rings (SSSR count). The van der Waals surface area contributed by atoms with Gasteiger partial charge < -0.3 is 23.7 Å². The molecule has 0 bridgehead atoms. The van der Waals surface area contributed by atoms with E-state index in [2.05, 4.69) is 0 Å². The van der Waals surface area contributed by atoms with Gasteiger partial charge in [0.2, 0.25) is 0 Å². The van der Waals surface area contributed by atoms with Gasteiger partial charge in [0.25, 0.3) is 5.79 Å². The van der Waals surface area contributed by atoms with E-state index in [1.807, 2.05) is 0 Å². The number of furan rings is 1. The Labute approximate surface area is 166 Å².